The average molecular weight is 533 g/mol. The number of amidine groups is 2. The highest BCUT2D eigenvalue weighted by molar-refractivity contribution is 8.13. The maximum atomic E-state index is 13.4. The minimum absolute atomic E-state index is 0.0577. The van der Waals surface area contributed by atoms with Crippen LogP contribution in [0.25, 0.3) is 0 Å². The highest BCUT2D eigenvalue weighted by Crippen LogP contribution is 2.35. The summed E-state index contributed by atoms with van der Waals surface area (Å²) >= 11 is 7.56. The number of amides is 2. The fraction of sp³-hybridized carbons (Fsp3) is 0.185. The Hall–Kier alpha value is -3.82. The van der Waals surface area contributed by atoms with Crippen LogP contribution in [0, 0.1) is 0 Å². The van der Waals surface area contributed by atoms with Crippen molar-refractivity contribution in [1.82, 2.24) is 10.2 Å². The van der Waals surface area contributed by atoms with Crippen molar-refractivity contribution >= 4 is 51.9 Å². The Balaban J connectivity index is 1.17. The van der Waals surface area contributed by atoms with Crippen LogP contribution in [0.15, 0.2) is 76.7 Å². The minimum Gasteiger partial charge on any atom is -0.454 e. The molecule has 3 aromatic rings. The molecule has 0 fully saturated rings. The molecular formula is C27H21ClN4O4S. The van der Waals surface area contributed by atoms with Crippen LogP contribution in [-0.2, 0) is 21.9 Å². The molecule has 3 aliphatic rings. The van der Waals surface area contributed by atoms with Crippen LogP contribution in [0.5, 0.6) is 11.5 Å². The van der Waals surface area contributed by atoms with Gasteiger partial charge in [-0.1, -0.05) is 53.7 Å². The highest BCUT2D eigenvalue weighted by Gasteiger charge is 2.42. The second-order valence-corrected chi connectivity index (χ2v) is 10.0. The third-order valence-corrected chi connectivity index (χ3v) is 7.35. The van der Waals surface area contributed by atoms with Gasteiger partial charge in [-0.05, 0) is 47.5 Å². The van der Waals surface area contributed by atoms with Crippen molar-refractivity contribution in [3.63, 3.8) is 0 Å². The zero-order chi connectivity index (χ0) is 25.4. The third-order valence-electron chi connectivity index (χ3n) is 6.11. The molecule has 0 radical (unpaired) electrons. The van der Waals surface area contributed by atoms with E-state index in [1.165, 1.54) is 16.7 Å². The van der Waals surface area contributed by atoms with E-state index in [0.29, 0.717) is 39.8 Å². The van der Waals surface area contributed by atoms with E-state index < -0.39 is 6.04 Å². The topological polar surface area (TPSA) is 92.6 Å². The van der Waals surface area contributed by atoms with Gasteiger partial charge in [0.1, 0.15) is 11.9 Å². The summed E-state index contributed by atoms with van der Waals surface area (Å²) in [4.78, 5) is 37.2. The number of thioether (sulfide) groups is 1. The van der Waals surface area contributed by atoms with E-state index in [0.717, 1.165) is 22.4 Å². The number of nitrogens with one attached hydrogen (secondary N) is 1. The van der Waals surface area contributed by atoms with Crippen LogP contribution >= 0.6 is 23.4 Å². The number of para-hydroxylation sites is 1. The first-order valence-corrected chi connectivity index (χ1v) is 13.0. The molecular weight excluding hydrogens is 512 g/mol. The molecule has 3 aromatic carbocycles. The van der Waals surface area contributed by atoms with Crippen LogP contribution < -0.4 is 14.8 Å². The van der Waals surface area contributed by atoms with Gasteiger partial charge in [-0.2, -0.15) is 0 Å². The fourth-order valence-electron chi connectivity index (χ4n) is 4.31. The summed E-state index contributed by atoms with van der Waals surface area (Å²) in [5.74, 6) is 1.92. The van der Waals surface area contributed by atoms with Crippen molar-refractivity contribution in [2.24, 2.45) is 9.98 Å². The number of benzene rings is 3. The predicted molar refractivity (Wildman–Crippen MR) is 142 cm³/mol. The van der Waals surface area contributed by atoms with Crippen LogP contribution in [0.1, 0.15) is 23.1 Å². The molecule has 6 rings (SSSR count). The molecule has 0 saturated heterocycles. The monoisotopic (exact) mass is 532 g/mol. The molecule has 0 aromatic heterocycles. The lowest BCUT2D eigenvalue weighted by Crippen LogP contribution is -2.42. The smallest absolute Gasteiger partial charge is 0.259 e. The van der Waals surface area contributed by atoms with Crippen molar-refractivity contribution in [2.75, 3.05) is 6.79 Å². The Bertz CT molecular complexity index is 1470. The van der Waals surface area contributed by atoms with Gasteiger partial charge in [0.2, 0.25) is 12.7 Å². The van der Waals surface area contributed by atoms with Gasteiger partial charge in [0, 0.05) is 22.9 Å². The van der Waals surface area contributed by atoms with Crippen molar-refractivity contribution in [2.45, 2.75) is 24.8 Å². The Morgan fingerprint density at radius 1 is 1.05 bits per heavy atom. The van der Waals surface area contributed by atoms with E-state index in [2.05, 4.69) is 10.3 Å². The number of rotatable bonds is 6. The highest BCUT2D eigenvalue weighted by atomic mass is 35.5. The number of hydrogen-bond acceptors (Lipinski definition) is 7. The van der Waals surface area contributed by atoms with Crippen molar-refractivity contribution in [3.8, 4) is 11.5 Å². The average Bonchev–Trinajstić information content (AvgIpc) is 3.50. The summed E-state index contributed by atoms with van der Waals surface area (Å²) in [6.07, 6.45) is -0.0577. The molecule has 0 bridgehead atoms. The van der Waals surface area contributed by atoms with Gasteiger partial charge in [0.05, 0.1) is 12.1 Å². The molecule has 37 heavy (non-hydrogen) atoms. The van der Waals surface area contributed by atoms with Gasteiger partial charge in [0.25, 0.3) is 5.91 Å². The molecule has 3 heterocycles. The first-order chi connectivity index (χ1) is 18.0. The van der Waals surface area contributed by atoms with Crippen molar-refractivity contribution in [3.05, 3.63) is 88.4 Å². The number of carbonyl (C=O) groups is 2. The minimum atomic E-state index is -0.824. The summed E-state index contributed by atoms with van der Waals surface area (Å²) < 4.78 is 10.7. The zero-order valence-corrected chi connectivity index (χ0v) is 21.1. The van der Waals surface area contributed by atoms with Gasteiger partial charge >= 0.3 is 0 Å². The van der Waals surface area contributed by atoms with E-state index in [9.17, 15) is 9.59 Å². The molecule has 0 unspecified atom stereocenters. The first-order valence-electron chi connectivity index (χ1n) is 11.7. The number of halogens is 1. The van der Waals surface area contributed by atoms with Crippen molar-refractivity contribution in [1.29, 1.82) is 0 Å². The lowest BCUT2D eigenvalue weighted by atomic mass is 10.1. The van der Waals surface area contributed by atoms with Gasteiger partial charge in [-0.3, -0.25) is 14.6 Å². The van der Waals surface area contributed by atoms with E-state index in [-0.39, 0.29) is 25.0 Å². The fourth-order valence-corrected chi connectivity index (χ4v) is 5.46. The maximum absolute atomic E-state index is 13.4. The Kier molecular flexibility index (Phi) is 6.31. The Morgan fingerprint density at radius 3 is 2.81 bits per heavy atom. The molecule has 1 N–H and O–H groups in total. The van der Waals surface area contributed by atoms with E-state index in [1.807, 2.05) is 66.7 Å². The summed E-state index contributed by atoms with van der Waals surface area (Å²) in [6, 6.07) is 19.8. The number of nitrogens with zero attached hydrogens (tertiary/aromatic N) is 3. The Morgan fingerprint density at radius 2 is 1.92 bits per heavy atom. The molecule has 186 valence electrons. The normalized spacial score (nSPS) is 17.2. The molecule has 10 heteroatoms. The second kappa shape index (κ2) is 9.91. The van der Waals surface area contributed by atoms with E-state index in [4.69, 9.17) is 26.1 Å². The number of ether oxygens (including phenoxy) is 2. The number of hydrogen-bond donors (Lipinski definition) is 1. The SMILES string of the molecule is O=C(C[C@H]1N=C2c3ccccc3N=C(SCc3cccc(Cl)c3)N2C1=O)NCc1ccc2c(c1)OCO2. The maximum Gasteiger partial charge on any atom is 0.259 e. The molecule has 2 amide bonds. The lowest BCUT2D eigenvalue weighted by molar-refractivity contribution is -0.128. The molecule has 1 atom stereocenters. The molecule has 0 saturated carbocycles. The zero-order valence-electron chi connectivity index (χ0n) is 19.5. The van der Waals surface area contributed by atoms with Gasteiger partial charge in [0.15, 0.2) is 16.7 Å². The van der Waals surface area contributed by atoms with E-state index in [1.54, 1.807) is 0 Å². The van der Waals surface area contributed by atoms with Gasteiger partial charge in [-0.15, -0.1) is 0 Å². The van der Waals surface area contributed by atoms with Gasteiger partial charge in [-0.25, -0.2) is 9.89 Å². The summed E-state index contributed by atoms with van der Waals surface area (Å²) in [5.41, 5.74) is 3.40. The molecule has 0 aliphatic carbocycles. The quantitative estimate of drug-likeness (QED) is 0.498. The molecule has 8 nitrogen and oxygen atoms in total. The van der Waals surface area contributed by atoms with Crippen LogP contribution in [0.4, 0.5) is 5.69 Å². The number of aliphatic imine (C=N–C) groups is 2. The number of fused-ring (bicyclic) bond motifs is 4. The van der Waals surface area contributed by atoms with Crippen molar-refractivity contribution < 1.29 is 19.1 Å². The van der Waals surface area contributed by atoms with Gasteiger partial charge < -0.3 is 14.8 Å². The van der Waals surface area contributed by atoms with Crippen LogP contribution in [0.3, 0.4) is 0 Å². The second-order valence-electron chi connectivity index (χ2n) is 8.64. The Labute approximate surface area is 222 Å². The largest absolute Gasteiger partial charge is 0.454 e. The standard InChI is InChI=1S/C27H21ClN4O4S/c28-18-5-3-4-17(10-18)14-37-27-31-20-7-2-1-6-19(20)25-30-21(26(34)32(25)27)12-24(33)29-13-16-8-9-22-23(11-16)36-15-35-22/h1-11,21H,12-15H2,(H,29,33)/t21-/m1/s1. The van der Waals surface area contributed by atoms with Crippen LogP contribution in [0.2, 0.25) is 5.02 Å². The van der Waals surface area contributed by atoms with Crippen LogP contribution in [-0.4, -0.2) is 40.6 Å². The lowest BCUT2D eigenvalue weighted by Gasteiger charge is -2.25. The summed E-state index contributed by atoms with van der Waals surface area (Å²) in [5, 5.41) is 4.06. The number of carbonyl (C=O) groups excluding carboxylic acids is 2. The molecule has 0 spiro atoms. The molecule has 3 aliphatic heterocycles. The van der Waals surface area contributed by atoms with E-state index >= 15 is 0 Å². The first kappa shape index (κ1) is 23.6. The summed E-state index contributed by atoms with van der Waals surface area (Å²) in [7, 11) is 0. The summed E-state index contributed by atoms with van der Waals surface area (Å²) in [6.45, 7) is 0.499. The third kappa shape index (κ3) is 4.80. The predicted octanol–water partition coefficient (Wildman–Crippen LogP) is 4.67.